The zero-order valence-electron chi connectivity index (χ0n) is 11.7. The van der Waals surface area contributed by atoms with Crippen molar-refractivity contribution in [1.29, 1.82) is 0 Å². The zero-order chi connectivity index (χ0) is 13.8. The van der Waals surface area contributed by atoms with Gasteiger partial charge in [-0.25, -0.2) is 4.39 Å². The number of hydrogen-bond donors (Lipinski definition) is 1. The molecule has 2 aromatic rings. The quantitative estimate of drug-likeness (QED) is 0.874. The van der Waals surface area contributed by atoms with E-state index < -0.39 is 0 Å². The first-order chi connectivity index (χ1) is 9.10. The predicted molar refractivity (Wildman–Crippen MR) is 77.8 cm³/mol. The maximum absolute atomic E-state index is 13.7. The van der Waals surface area contributed by atoms with E-state index in [1.807, 2.05) is 19.2 Å². The van der Waals surface area contributed by atoms with E-state index in [2.05, 4.69) is 37.4 Å². The first-order valence-electron chi connectivity index (χ1n) is 6.59. The van der Waals surface area contributed by atoms with Crippen LogP contribution in [0.3, 0.4) is 0 Å². The van der Waals surface area contributed by atoms with Crippen molar-refractivity contribution < 1.29 is 4.39 Å². The van der Waals surface area contributed by atoms with Crippen molar-refractivity contribution in [1.82, 2.24) is 5.32 Å². The molecule has 0 aliphatic carbocycles. The molecule has 0 aromatic heterocycles. The number of nitrogens with one attached hydrogen (secondary N) is 1. The molecule has 1 unspecified atom stereocenters. The monoisotopic (exact) mass is 257 g/mol. The van der Waals surface area contributed by atoms with Gasteiger partial charge >= 0.3 is 0 Å². The average molecular weight is 257 g/mol. The smallest absolute Gasteiger partial charge is 0.126 e. The van der Waals surface area contributed by atoms with Gasteiger partial charge < -0.3 is 5.32 Å². The Morgan fingerprint density at radius 1 is 1.05 bits per heavy atom. The van der Waals surface area contributed by atoms with Crippen LogP contribution in [0.5, 0.6) is 0 Å². The summed E-state index contributed by atoms with van der Waals surface area (Å²) < 4.78 is 13.7. The highest BCUT2D eigenvalue weighted by atomic mass is 19.1. The lowest BCUT2D eigenvalue weighted by Crippen LogP contribution is -2.19. The summed E-state index contributed by atoms with van der Waals surface area (Å²) in [5.74, 6) is -0.132. The predicted octanol–water partition coefficient (Wildman–Crippen LogP) is 3.95. The van der Waals surface area contributed by atoms with Gasteiger partial charge in [-0.3, -0.25) is 0 Å². The largest absolute Gasteiger partial charge is 0.313 e. The van der Waals surface area contributed by atoms with E-state index in [9.17, 15) is 4.39 Å². The van der Waals surface area contributed by atoms with Crippen LogP contribution < -0.4 is 5.32 Å². The van der Waals surface area contributed by atoms with Crippen LogP contribution >= 0.6 is 0 Å². The SMILES string of the molecule is CNC(Cc1ccccc1F)c1cc(C)cc(C)c1. The third kappa shape index (κ3) is 3.42. The molecule has 0 aliphatic rings. The Bertz CT molecular complexity index is 543. The van der Waals surface area contributed by atoms with E-state index in [1.54, 1.807) is 6.07 Å². The summed E-state index contributed by atoms with van der Waals surface area (Å²) in [4.78, 5) is 0. The first kappa shape index (κ1) is 13.8. The third-order valence-corrected chi connectivity index (χ3v) is 3.38. The second-order valence-electron chi connectivity index (χ2n) is 5.06. The molecule has 1 nitrogen and oxygen atoms in total. The van der Waals surface area contributed by atoms with E-state index in [0.717, 1.165) is 5.56 Å². The molecule has 0 heterocycles. The molecule has 0 spiro atoms. The van der Waals surface area contributed by atoms with E-state index in [0.29, 0.717) is 6.42 Å². The molecule has 0 saturated carbocycles. The fraction of sp³-hybridized carbons (Fsp3) is 0.294. The van der Waals surface area contributed by atoms with Crippen LogP contribution in [0.2, 0.25) is 0 Å². The fourth-order valence-corrected chi connectivity index (χ4v) is 2.48. The van der Waals surface area contributed by atoms with Crippen LogP contribution in [0.4, 0.5) is 4.39 Å². The van der Waals surface area contributed by atoms with Gasteiger partial charge in [0.1, 0.15) is 5.82 Å². The number of halogens is 1. The minimum atomic E-state index is -0.132. The Balaban J connectivity index is 2.28. The molecule has 0 fully saturated rings. The molecule has 100 valence electrons. The molecule has 19 heavy (non-hydrogen) atoms. The number of likely N-dealkylation sites (N-methyl/N-ethyl adjacent to an activating group) is 1. The van der Waals surface area contributed by atoms with Crippen molar-refractivity contribution >= 4 is 0 Å². The lowest BCUT2D eigenvalue weighted by Gasteiger charge is -2.18. The molecule has 0 radical (unpaired) electrons. The van der Waals surface area contributed by atoms with Crippen LogP contribution in [0.25, 0.3) is 0 Å². The van der Waals surface area contributed by atoms with E-state index in [4.69, 9.17) is 0 Å². The Labute approximate surface area is 114 Å². The topological polar surface area (TPSA) is 12.0 Å². The summed E-state index contributed by atoms with van der Waals surface area (Å²) in [6.07, 6.45) is 0.659. The normalized spacial score (nSPS) is 12.4. The number of aryl methyl sites for hydroxylation is 2. The molecule has 0 saturated heterocycles. The van der Waals surface area contributed by atoms with Crippen LogP contribution in [0.1, 0.15) is 28.3 Å². The second-order valence-corrected chi connectivity index (χ2v) is 5.06. The highest BCUT2D eigenvalue weighted by Gasteiger charge is 2.13. The Morgan fingerprint density at radius 3 is 2.26 bits per heavy atom. The van der Waals surface area contributed by atoms with Crippen molar-refractivity contribution in [2.24, 2.45) is 0 Å². The van der Waals surface area contributed by atoms with Gasteiger partial charge in [0.25, 0.3) is 0 Å². The van der Waals surface area contributed by atoms with Gasteiger partial charge in [0.15, 0.2) is 0 Å². The summed E-state index contributed by atoms with van der Waals surface area (Å²) in [7, 11) is 1.92. The molecule has 0 amide bonds. The Hall–Kier alpha value is -1.67. The van der Waals surface area contributed by atoms with Gasteiger partial charge in [0.2, 0.25) is 0 Å². The van der Waals surface area contributed by atoms with Gasteiger partial charge in [0, 0.05) is 6.04 Å². The van der Waals surface area contributed by atoms with Crippen molar-refractivity contribution in [2.45, 2.75) is 26.3 Å². The zero-order valence-corrected chi connectivity index (χ0v) is 11.7. The molecular weight excluding hydrogens is 237 g/mol. The van der Waals surface area contributed by atoms with Crippen molar-refractivity contribution in [3.05, 3.63) is 70.5 Å². The third-order valence-electron chi connectivity index (χ3n) is 3.38. The maximum atomic E-state index is 13.7. The van der Waals surface area contributed by atoms with Crippen LogP contribution in [0, 0.1) is 19.7 Å². The van der Waals surface area contributed by atoms with Crippen LogP contribution in [-0.2, 0) is 6.42 Å². The Morgan fingerprint density at radius 2 is 1.68 bits per heavy atom. The number of hydrogen-bond acceptors (Lipinski definition) is 1. The minimum Gasteiger partial charge on any atom is -0.313 e. The average Bonchev–Trinajstić information content (AvgIpc) is 2.36. The van der Waals surface area contributed by atoms with Gasteiger partial charge in [-0.1, -0.05) is 47.5 Å². The molecule has 2 rings (SSSR count). The molecule has 2 heteroatoms. The standard InChI is InChI=1S/C17H20FN/c1-12-8-13(2)10-15(9-12)17(19-3)11-14-6-4-5-7-16(14)18/h4-10,17,19H,11H2,1-3H3. The molecule has 2 aromatic carbocycles. The summed E-state index contributed by atoms with van der Waals surface area (Å²) in [5, 5.41) is 3.28. The number of benzene rings is 2. The van der Waals surface area contributed by atoms with E-state index in [-0.39, 0.29) is 11.9 Å². The molecule has 1 N–H and O–H groups in total. The van der Waals surface area contributed by atoms with E-state index in [1.165, 1.54) is 22.8 Å². The van der Waals surface area contributed by atoms with E-state index >= 15 is 0 Å². The minimum absolute atomic E-state index is 0.132. The van der Waals surface area contributed by atoms with Crippen molar-refractivity contribution in [3.63, 3.8) is 0 Å². The lowest BCUT2D eigenvalue weighted by atomic mass is 9.96. The fourth-order valence-electron chi connectivity index (χ4n) is 2.48. The molecule has 0 aliphatic heterocycles. The summed E-state index contributed by atoms with van der Waals surface area (Å²) >= 11 is 0. The van der Waals surface area contributed by atoms with Crippen LogP contribution in [0.15, 0.2) is 42.5 Å². The van der Waals surface area contributed by atoms with Gasteiger partial charge in [0.05, 0.1) is 0 Å². The van der Waals surface area contributed by atoms with Gasteiger partial charge in [-0.2, -0.15) is 0 Å². The Kier molecular flexibility index (Phi) is 4.33. The first-order valence-corrected chi connectivity index (χ1v) is 6.59. The number of rotatable bonds is 4. The molecule has 1 atom stereocenters. The summed E-state index contributed by atoms with van der Waals surface area (Å²) in [6.45, 7) is 4.18. The van der Waals surface area contributed by atoms with Crippen molar-refractivity contribution in [3.8, 4) is 0 Å². The maximum Gasteiger partial charge on any atom is 0.126 e. The van der Waals surface area contributed by atoms with Crippen molar-refractivity contribution in [2.75, 3.05) is 7.05 Å². The van der Waals surface area contributed by atoms with Crippen LogP contribution in [-0.4, -0.2) is 7.05 Å². The molecule has 0 bridgehead atoms. The second kappa shape index (κ2) is 5.98. The van der Waals surface area contributed by atoms with Gasteiger partial charge in [-0.15, -0.1) is 0 Å². The molecular formula is C17H20FN. The highest BCUT2D eigenvalue weighted by Crippen LogP contribution is 2.22. The highest BCUT2D eigenvalue weighted by molar-refractivity contribution is 5.32. The summed E-state index contributed by atoms with van der Waals surface area (Å²) in [5.41, 5.74) is 4.44. The summed E-state index contributed by atoms with van der Waals surface area (Å²) in [6, 6.07) is 13.6. The van der Waals surface area contributed by atoms with Gasteiger partial charge in [-0.05, 0) is 44.5 Å². The lowest BCUT2D eigenvalue weighted by molar-refractivity contribution is 0.554.